The molecule has 0 aromatic heterocycles. The van der Waals surface area contributed by atoms with Crippen molar-refractivity contribution in [3.63, 3.8) is 0 Å². The van der Waals surface area contributed by atoms with Gasteiger partial charge in [-0.25, -0.2) is 0 Å². The minimum absolute atomic E-state index is 0.112. The minimum atomic E-state index is -0.380. The van der Waals surface area contributed by atoms with E-state index >= 15 is 0 Å². The van der Waals surface area contributed by atoms with Gasteiger partial charge in [0.2, 0.25) is 0 Å². The normalized spacial score (nSPS) is 9.88. The summed E-state index contributed by atoms with van der Waals surface area (Å²) in [7, 11) is 0. The van der Waals surface area contributed by atoms with Crippen LogP contribution in [0.4, 0.5) is 11.4 Å². The molecule has 0 fully saturated rings. The molecule has 0 saturated heterocycles. The van der Waals surface area contributed by atoms with Gasteiger partial charge in [-0.05, 0) is 30.1 Å². The molecule has 2 aromatic carbocycles. The Labute approximate surface area is 103 Å². The van der Waals surface area contributed by atoms with Gasteiger partial charge in [0.25, 0.3) is 5.69 Å². The van der Waals surface area contributed by atoms with E-state index in [1.807, 2.05) is 30.3 Å². The van der Waals surface area contributed by atoms with Crippen LogP contribution in [0.25, 0.3) is 0 Å². The van der Waals surface area contributed by atoms with Gasteiger partial charge in [-0.3, -0.25) is 10.1 Å². The van der Waals surface area contributed by atoms with Crippen LogP contribution in [-0.2, 0) is 0 Å². The smallest absolute Gasteiger partial charge is 0.284 e. The van der Waals surface area contributed by atoms with E-state index in [1.165, 1.54) is 18.0 Å². The molecule has 0 unspecified atom stereocenters. The number of benzene rings is 2. The van der Waals surface area contributed by atoms with Crippen molar-refractivity contribution >= 4 is 23.3 Å². The lowest BCUT2D eigenvalue weighted by Crippen LogP contribution is -1.92. The zero-order valence-electron chi connectivity index (χ0n) is 8.87. The second kappa shape index (κ2) is 5.36. The topological polar surface area (TPSA) is 55.2 Å². The molecule has 0 spiro atoms. The second-order valence-corrected chi connectivity index (χ2v) is 4.14. The molecule has 2 rings (SSSR count). The highest BCUT2D eigenvalue weighted by Crippen LogP contribution is 2.29. The Balaban J connectivity index is 2.12. The van der Waals surface area contributed by atoms with Gasteiger partial charge < -0.3 is 4.72 Å². The van der Waals surface area contributed by atoms with Gasteiger partial charge in [-0.1, -0.05) is 30.3 Å². The average Bonchev–Trinajstić information content (AvgIpc) is 2.38. The number of nitro benzene ring substituents is 1. The van der Waals surface area contributed by atoms with Crippen LogP contribution in [0, 0.1) is 10.1 Å². The van der Waals surface area contributed by atoms with E-state index in [-0.39, 0.29) is 10.6 Å². The fourth-order valence-electron chi connectivity index (χ4n) is 1.31. The van der Waals surface area contributed by atoms with Crippen molar-refractivity contribution in [2.45, 2.75) is 4.90 Å². The Morgan fingerprint density at radius 1 is 1.00 bits per heavy atom. The Bertz CT molecular complexity index is 517. The Hall–Kier alpha value is -2.01. The second-order valence-electron chi connectivity index (χ2n) is 3.29. The predicted molar refractivity (Wildman–Crippen MR) is 69.0 cm³/mol. The lowest BCUT2D eigenvalue weighted by atomic mass is 10.3. The first-order chi connectivity index (χ1) is 8.27. The highest BCUT2D eigenvalue weighted by molar-refractivity contribution is 8.00. The maximum absolute atomic E-state index is 10.8. The van der Waals surface area contributed by atoms with Crippen molar-refractivity contribution in [3.05, 3.63) is 64.7 Å². The summed E-state index contributed by atoms with van der Waals surface area (Å²) in [5, 5.41) is 10.8. The molecule has 0 saturated carbocycles. The van der Waals surface area contributed by atoms with E-state index in [0.29, 0.717) is 4.90 Å². The van der Waals surface area contributed by atoms with E-state index in [4.69, 9.17) is 0 Å². The van der Waals surface area contributed by atoms with Gasteiger partial charge in [-0.15, -0.1) is 0 Å². The molecule has 17 heavy (non-hydrogen) atoms. The first-order valence-electron chi connectivity index (χ1n) is 4.99. The lowest BCUT2D eigenvalue weighted by molar-refractivity contribution is -0.387. The van der Waals surface area contributed by atoms with E-state index in [0.717, 1.165) is 5.69 Å². The number of anilines is 1. The third-order valence-electron chi connectivity index (χ3n) is 2.11. The fourth-order valence-corrected chi connectivity index (χ4v) is 2.07. The van der Waals surface area contributed by atoms with Crippen molar-refractivity contribution < 1.29 is 4.92 Å². The molecule has 0 bridgehead atoms. The summed E-state index contributed by atoms with van der Waals surface area (Å²) in [6, 6.07) is 16.2. The van der Waals surface area contributed by atoms with Crippen LogP contribution in [-0.4, -0.2) is 4.92 Å². The number of para-hydroxylation sites is 2. The third kappa shape index (κ3) is 2.98. The van der Waals surface area contributed by atoms with Gasteiger partial charge in [0.15, 0.2) is 0 Å². The molecule has 0 aliphatic heterocycles. The van der Waals surface area contributed by atoms with Gasteiger partial charge in [-0.2, -0.15) is 0 Å². The average molecular weight is 246 g/mol. The molecule has 0 radical (unpaired) electrons. The minimum Gasteiger partial charge on any atom is -0.325 e. The molecule has 2 aromatic rings. The number of nitrogens with one attached hydrogen (secondary N) is 1. The Morgan fingerprint density at radius 3 is 2.35 bits per heavy atom. The van der Waals surface area contributed by atoms with Gasteiger partial charge >= 0.3 is 0 Å². The highest BCUT2D eigenvalue weighted by atomic mass is 32.2. The van der Waals surface area contributed by atoms with Crippen LogP contribution < -0.4 is 4.72 Å². The summed E-state index contributed by atoms with van der Waals surface area (Å²) in [6.45, 7) is 0. The van der Waals surface area contributed by atoms with Crippen molar-refractivity contribution in [2.75, 3.05) is 4.72 Å². The standard InChI is InChI=1S/C12H10N2O2S/c15-14(16)11-8-4-5-9-12(11)17-13-10-6-2-1-3-7-10/h1-9,13H. The number of hydrogen-bond acceptors (Lipinski definition) is 4. The number of nitro groups is 1. The summed E-state index contributed by atoms with van der Waals surface area (Å²) >= 11 is 1.24. The van der Waals surface area contributed by atoms with Crippen LogP contribution in [0.1, 0.15) is 0 Å². The molecule has 5 heteroatoms. The van der Waals surface area contributed by atoms with Crippen molar-refractivity contribution in [1.29, 1.82) is 0 Å². The molecule has 0 amide bonds. The van der Waals surface area contributed by atoms with Crippen molar-refractivity contribution in [3.8, 4) is 0 Å². The van der Waals surface area contributed by atoms with Crippen LogP contribution in [0.2, 0.25) is 0 Å². The van der Waals surface area contributed by atoms with Crippen molar-refractivity contribution in [1.82, 2.24) is 0 Å². The van der Waals surface area contributed by atoms with Crippen molar-refractivity contribution in [2.24, 2.45) is 0 Å². The zero-order chi connectivity index (χ0) is 12.1. The maximum Gasteiger partial charge on any atom is 0.284 e. The van der Waals surface area contributed by atoms with E-state index in [9.17, 15) is 10.1 Å². The monoisotopic (exact) mass is 246 g/mol. The summed E-state index contributed by atoms with van der Waals surface area (Å²) < 4.78 is 3.07. The largest absolute Gasteiger partial charge is 0.325 e. The van der Waals surface area contributed by atoms with Gasteiger partial charge in [0, 0.05) is 11.8 Å². The SMILES string of the molecule is O=[N+]([O-])c1ccccc1SNc1ccccc1. The van der Waals surface area contributed by atoms with Crippen LogP contribution in [0.3, 0.4) is 0 Å². The van der Waals surface area contributed by atoms with Gasteiger partial charge in [0.1, 0.15) is 4.90 Å². The summed E-state index contributed by atoms with van der Waals surface area (Å²) in [5.74, 6) is 0. The molecular formula is C12H10N2O2S. The fraction of sp³-hybridized carbons (Fsp3) is 0. The lowest BCUT2D eigenvalue weighted by Gasteiger charge is -2.05. The first-order valence-corrected chi connectivity index (χ1v) is 5.80. The summed E-state index contributed by atoms with van der Waals surface area (Å²) in [6.07, 6.45) is 0. The molecule has 86 valence electrons. The van der Waals surface area contributed by atoms with Crippen LogP contribution >= 0.6 is 11.9 Å². The van der Waals surface area contributed by atoms with E-state index < -0.39 is 0 Å². The Morgan fingerprint density at radius 2 is 1.65 bits per heavy atom. The molecular weight excluding hydrogens is 236 g/mol. The molecule has 4 nitrogen and oxygen atoms in total. The molecule has 0 atom stereocenters. The zero-order valence-corrected chi connectivity index (χ0v) is 9.68. The summed E-state index contributed by atoms with van der Waals surface area (Å²) in [4.78, 5) is 11.0. The molecule has 1 N–H and O–H groups in total. The van der Waals surface area contributed by atoms with E-state index in [2.05, 4.69) is 4.72 Å². The van der Waals surface area contributed by atoms with Crippen LogP contribution in [0.15, 0.2) is 59.5 Å². The summed E-state index contributed by atoms with van der Waals surface area (Å²) in [5.41, 5.74) is 1.02. The molecule has 0 heterocycles. The number of nitrogens with zero attached hydrogens (tertiary/aromatic N) is 1. The highest BCUT2D eigenvalue weighted by Gasteiger charge is 2.12. The van der Waals surface area contributed by atoms with Crippen LogP contribution in [0.5, 0.6) is 0 Å². The molecule has 0 aliphatic rings. The first kappa shape index (κ1) is 11.5. The quantitative estimate of drug-likeness (QED) is 0.507. The number of hydrogen-bond donors (Lipinski definition) is 1. The maximum atomic E-state index is 10.8. The van der Waals surface area contributed by atoms with Gasteiger partial charge in [0.05, 0.1) is 4.92 Å². The number of rotatable bonds is 4. The predicted octanol–water partition coefficient (Wildman–Crippen LogP) is 3.71. The third-order valence-corrected chi connectivity index (χ3v) is 3.02. The molecule has 0 aliphatic carbocycles. The van der Waals surface area contributed by atoms with E-state index in [1.54, 1.807) is 18.2 Å². The Kier molecular flexibility index (Phi) is 3.62.